The van der Waals surface area contributed by atoms with Crippen molar-refractivity contribution in [1.82, 2.24) is 20.4 Å². The van der Waals surface area contributed by atoms with Gasteiger partial charge in [-0.1, -0.05) is 11.8 Å². The topological polar surface area (TPSA) is 103 Å². The van der Waals surface area contributed by atoms with E-state index < -0.39 is 11.4 Å². The second-order valence-electron chi connectivity index (χ2n) is 7.57. The first kappa shape index (κ1) is 24.7. The molecule has 0 saturated heterocycles. The summed E-state index contributed by atoms with van der Waals surface area (Å²) in [5, 5.41) is 17.7. The molecular formula is C21H32N4O5S. The van der Waals surface area contributed by atoms with Crippen molar-refractivity contribution < 1.29 is 24.2 Å². The van der Waals surface area contributed by atoms with Gasteiger partial charge in [-0.15, -0.1) is 0 Å². The summed E-state index contributed by atoms with van der Waals surface area (Å²) in [5.74, 6) is 0.609. The number of carbonyl (C=O) groups is 2. The largest absolute Gasteiger partial charge is 0.507 e. The van der Waals surface area contributed by atoms with Crippen LogP contribution in [-0.2, 0) is 4.79 Å². The summed E-state index contributed by atoms with van der Waals surface area (Å²) in [6.45, 7) is 9.90. The third kappa shape index (κ3) is 5.98. The lowest BCUT2D eigenvalue weighted by Gasteiger charge is -2.35. The van der Waals surface area contributed by atoms with E-state index >= 15 is 0 Å². The molecule has 2 rings (SSSR count). The van der Waals surface area contributed by atoms with E-state index in [1.54, 1.807) is 5.41 Å². The van der Waals surface area contributed by atoms with Crippen molar-refractivity contribution in [2.75, 3.05) is 27.3 Å². The number of amides is 2. The van der Waals surface area contributed by atoms with Crippen LogP contribution in [0.5, 0.6) is 17.2 Å². The van der Waals surface area contributed by atoms with Gasteiger partial charge in [0, 0.05) is 42.7 Å². The number of carbonyl (C=O) groups excluding carboxylic acids is 2. The van der Waals surface area contributed by atoms with E-state index in [0.717, 1.165) is 6.54 Å². The van der Waals surface area contributed by atoms with E-state index in [4.69, 9.17) is 9.47 Å². The Labute approximate surface area is 187 Å². The number of nitrogens with one attached hydrogen (secondary N) is 2. The summed E-state index contributed by atoms with van der Waals surface area (Å²) in [6.07, 6.45) is 0.617. The molecule has 10 heteroatoms. The Morgan fingerprint density at radius 2 is 1.84 bits per heavy atom. The van der Waals surface area contributed by atoms with Crippen LogP contribution in [-0.4, -0.2) is 72.1 Å². The Kier molecular flexibility index (Phi) is 8.88. The van der Waals surface area contributed by atoms with Crippen molar-refractivity contribution in [3.63, 3.8) is 0 Å². The molecule has 1 aliphatic heterocycles. The number of aromatic hydroxyl groups is 1. The molecule has 1 atom stereocenters. The van der Waals surface area contributed by atoms with Crippen LogP contribution in [0, 0.1) is 0 Å². The molecule has 31 heavy (non-hydrogen) atoms. The fourth-order valence-electron chi connectivity index (χ4n) is 3.50. The number of hydrogen-bond donors (Lipinski definition) is 3. The zero-order valence-electron chi connectivity index (χ0n) is 18.8. The zero-order valence-corrected chi connectivity index (χ0v) is 19.7. The fraction of sp³-hybridized carbons (Fsp3) is 0.524. The van der Waals surface area contributed by atoms with Gasteiger partial charge in [0.2, 0.25) is 6.41 Å². The Morgan fingerprint density at radius 3 is 2.39 bits per heavy atom. The van der Waals surface area contributed by atoms with Crippen molar-refractivity contribution in [2.24, 2.45) is 0 Å². The molecule has 0 spiro atoms. The van der Waals surface area contributed by atoms with E-state index in [9.17, 15) is 14.7 Å². The lowest BCUT2D eigenvalue weighted by molar-refractivity contribution is -0.109. The van der Waals surface area contributed by atoms with Gasteiger partial charge < -0.3 is 30.1 Å². The van der Waals surface area contributed by atoms with Crippen LogP contribution in [0.2, 0.25) is 0 Å². The number of thioether (sulfide) groups is 1. The Bertz CT molecular complexity index is 807. The molecule has 1 heterocycles. The van der Waals surface area contributed by atoms with Crippen molar-refractivity contribution in [2.45, 2.75) is 45.3 Å². The lowest BCUT2D eigenvalue weighted by Crippen LogP contribution is -2.49. The molecular weight excluding hydrogens is 420 g/mol. The van der Waals surface area contributed by atoms with Gasteiger partial charge >= 0.3 is 0 Å². The van der Waals surface area contributed by atoms with Crippen molar-refractivity contribution in [3.05, 3.63) is 28.9 Å². The molecule has 172 valence electrons. The molecule has 0 bridgehead atoms. The summed E-state index contributed by atoms with van der Waals surface area (Å²) in [5.41, 5.74) is -0.371. The van der Waals surface area contributed by atoms with Gasteiger partial charge in [0.05, 0.1) is 19.8 Å². The highest BCUT2D eigenvalue weighted by Gasteiger charge is 2.30. The number of benzene rings is 1. The number of ether oxygens (including phenoxy) is 2. The van der Waals surface area contributed by atoms with E-state index in [2.05, 4.69) is 43.2 Å². The Morgan fingerprint density at radius 1 is 1.23 bits per heavy atom. The van der Waals surface area contributed by atoms with Gasteiger partial charge in [0.1, 0.15) is 11.6 Å². The zero-order chi connectivity index (χ0) is 23.1. The maximum atomic E-state index is 12.9. The minimum Gasteiger partial charge on any atom is -0.507 e. The number of methoxy groups -OCH3 is 2. The van der Waals surface area contributed by atoms with Gasteiger partial charge in [0.25, 0.3) is 5.91 Å². The van der Waals surface area contributed by atoms with Gasteiger partial charge in [-0.3, -0.25) is 14.5 Å². The number of rotatable bonds is 11. The van der Waals surface area contributed by atoms with Crippen molar-refractivity contribution >= 4 is 24.1 Å². The predicted octanol–water partition coefficient (Wildman–Crippen LogP) is 2.14. The first-order chi connectivity index (χ1) is 14.7. The van der Waals surface area contributed by atoms with E-state index in [-0.39, 0.29) is 11.3 Å². The van der Waals surface area contributed by atoms with Crippen molar-refractivity contribution in [1.29, 1.82) is 0 Å². The SMILES string of the molecule is COc1cc(O)c(C(=O)NC2SC=C(NC=O)N2CCN(C(C)C)C(C)C)cc1OC. The second-order valence-corrected chi connectivity index (χ2v) is 8.52. The quantitative estimate of drug-likeness (QED) is 0.439. The molecule has 0 aromatic heterocycles. The number of hydrogen-bond acceptors (Lipinski definition) is 8. The summed E-state index contributed by atoms with van der Waals surface area (Å²) in [7, 11) is 2.91. The Hall–Kier alpha value is -2.59. The highest BCUT2D eigenvalue weighted by molar-refractivity contribution is 8.02. The maximum Gasteiger partial charge on any atom is 0.257 e. The van der Waals surface area contributed by atoms with Crippen LogP contribution < -0.4 is 20.1 Å². The van der Waals surface area contributed by atoms with E-state index in [0.29, 0.717) is 42.4 Å². The predicted molar refractivity (Wildman–Crippen MR) is 121 cm³/mol. The lowest BCUT2D eigenvalue weighted by atomic mass is 10.1. The molecule has 0 saturated carbocycles. The second kappa shape index (κ2) is 11.1. The first-order valence-electron chi connectivity index (χ1n) is 10.1. The van der Waals surface area contributed by atoms with Gasteiger partial charge in [-0.05, 0) is 27.7 Å². The molecule has 1 aromatic carbocycles. The van der Waals surface area contributed by atoms with E-state index in [1.165, 1.54) is 38.1 Å². The molecule has 0 fully saturated rings. The number of phenolic OH excluding ortho intramolecular Hbond substituents is 1. The summed E-state index contributed by atoms with van der Waals surface area (Å²) in [4.78, 5) is 28.2. The van der Waals surface area contributed by atoms with Crippen LogP contribution in [0.4, 0.5) is 0 Å². The standard InChI is InChI=1S/C21H32N4O5S/c1-13(2)24(14(3)4)7-8-25-19(22-12-26)11-31-21(25)23-20(28)15-9-17(29-5)18(30-6)10-16(15)27/h9-14,21,27H,7-8H2,1-6H3,(H,22,26)(H,23,28). The third-order valence-electron chi connectivity index (χ3n) is 5.03. The van der Waals surface area contributed by atoms with Crippen LogP contribution in [0.1, 0.15) is 38.1 Å². The van der Waals surface area contributed by atoms with Crippen molar-refractivity contribution in [3.8, 4) is 17.2 Å². The normalized spacial score (nSPS) is 16.0. The molecule has 3 N–H and O–H groups in total. The van der Waals surface area contributed by atoms with Crippen LogP contribution in [0.25, 0.3) is 0 Å². The Balaban J connectivity index is 2.18. The highest BCUT2D eigenvalue weighted by atomic mass is 32.2. The summed E-state index contributed by atoms with van der Waals surface area (Å²) in [6, 6.07) is 3.50. The van der Waals surface area contributed by atoms with E-state index in [1.807, 2.05) is 4.90 Å². The first-order valence-corrected chi connectivity index (χ1v) is 11.0. The average Bonchev–Trinajstić information content (AvgIpc) is 3.08. The molecule has 1 unspecified atom stereocenters. The fourth-order valence-corrected chi connectivity index (χ4v) is 4.50. The molecule has 2 amide bonds. The average molecular weight is 453 g/mol. The monoisotopic (exact) mass is 452 g/mol. The minimum atomic E-state index is -0.466. The molecule has 9 nitrogen and oxygen atoms in total. The summed E-state index contributed by atoms with van der Waals surface area (Å²) < 4.78 is 10.4. The summed E-state index contributed by atoms with van der Waals surface area (Å²) >= 11 is 1.37. The molecule has 0 aliphatic carbocycles. The minimum absolute atomic E-state index is 0.0704. The van der Waals surface area contributed by atoms with Gasteiger partial charge in [-0.25, -0.2) is 0 Å². The number of phenols is 1. The van der Waals surface area contributed by atoms with Crippen LogP contribution in [0.15, 0.2) is 23.4 Å². The van der Waals surface area contributed by atoms with Crippen LogP contribution >= 0.6 is 11.8 Å². The maximum absolute atomic E-state index is 12.9. The van der Waals surface area contributed by atoms with Crippen LogP contribution in [0.3, 0.4) is 0 Å². The third-order valence-corrected chi connectivity index (χ3v) is 6.02. The molecule has 0 radical (unpaired) electrons. The van der Waals surface area contributed by atoms with Gasteiger partial charge in [0.15, 0.2) is 17.0 Å². The number of nitrogens with zero attached hydrogens (tertiary/aromatic N) is 2. The van der Waals surface area contributed by atoms with Gasteiger partial charge in [-0.2, -0.15) is 0 Å². The molecule has 1 aliphatic rings. The highest BCUT2D eigenvalue weighted by Crippen LogP contribution is 2.35. The smallest absolute Gasteiger partial charge is 0.257 e. The molecule has 1 aromatic rings.